The Balaban J connectivity index is 1.94. The van der Waals surface area contributed by atoms with E-state index in [1.165, 1.54) is 10.7 Å². The Labute approximate surface area is 157 Å². The Bertz CT molecular complexity index is 667. The van der Waals surface area contributed by atoms with Gasteiger partial charge in [-0.2, -0.15) is 4.31 Å². The molecule has 1 aromatic rings. The van der Waals surface area contributed by atoms with E-state index in [9.17, 15) is 13.2 Å². The van der Waals surface area contributed by atoms with Crippen LogP contribution in [0.4, 0.5) is 5.69 Å². The lowest BCUT2D eigenvalue weighted by Crippen LogP contribution is -2.38. The summed E-state index contributed by atoms with van der Waals surface area (Å²) in [5.41, 5.74) is 0.602. The van der Waals surface area contributed by atoms with Crippen molar-refractivity contribution in [2.75, 3.05) is 25.6 Å². The van der Waals surface area contributed by atoms with Crippen molar-refractivity contribution in [1.29, 1.82) is 0 Å². The van der Waals surface area contributed by atoms with E-state index in [1.807, 2.05) is 6.92 Å². The molecule has 0 heterocycles. The summed E-state index contributed by atoms with van der Waals surface area (Å²) in [6, 6.07) is 6.48. The first-order valence-corrected chi connectivity index (χ1v) is 10.8. The molecule has 0 radical (unpaired) electrons. The van der Waals surface area contributed by atoms with Crippen LogP contribution in [0.5, 0.6) is 0 Å². The molecule has 146 valence electrons. The number of nitrogens with zero attached hydrogens (tertiary/aromatic N) is 1. The van der Waals surface area contributed by atoms with Crippen LogP contribution < -0.4 is 5.32 Å². The number of carbonyl (C=O) groups is 1. The fourth-order valence-corrected chi connectivity index (χ4v) is 4.64. The van der Waals surface area contributed by atoms with Gasteiger partial charge >= 0.3 is 0 Å². The zero-order valence-electron chi connectivity index (χ0n) is 15.7. The molecule has 0 bridgehead atoms. The van der Waals surface area contributed by atoms with Crippen molar-refractivity contribution in [3.63, 3.8) is 0 Å². The summed E-state index contributed by atoms with van der Waals surface area (Å²) < 4.78 is 32.3. The molecule has 1 N–H and O–H groups in total. The molecule has 0 spiro atoms. The average molecular weight is 383 g/mol. The zero-order valence-corrected chi connectivity index (χ0v) is 16.6. The van der Waals surface area contributed by atoms with E-state index in [4.69, 9.17) is 4.74 Å². The monoisotopic (exact) mass is 382 g/mol. The first kappa shape index (κ1) is 20.9. The fourth-order valence-electron chi connectivity index (χ4n) is 3.22. The predicted molar refractivity (Wildman–Crippen MR) is 103 cm³/mol. The molecule has 0 aromatic heterocycles. The third-order valence-electron chi connectivity index (χ3n) is 4.80. The van der Waals surface area contributed by atoms with E-state index < -0.39 is 10.0 Å². The normalized spacial score (nSPS) is 16.0. The quantitative estimate of drug-likeness (QED) is 0.664. The van der Waals surface area contributed by atoms with Crippen LogP contribution in [0, 0.1) is 0 Å². The standard InChI is InChI=1S/C19H30N2O4S/c1-3-25-15-7-10-19(22)20-16-11-13-18(14-12-16)26(23,24)21(2)17-8-5-4-6-9-17/h11-14,17H,3-10,15H2,1-2H3,(H,20,22). The molecule has 6 nitrogen and oxygen atoms in total. The second kappa shape index (κ2) is 10.0. The molecular weight excluding hydrogens is 352 g/mol. The molecule has 2 rings (SSSR count). The summed E-state index contributed by atoms with van der Waals surface area (Å²) in [5.74, 6) is -0.0976. The molecule has 0 atom stereocenters. The minimum Gasteiger partial charge on any atom is -0.382 e. The number of nitrogens with one attached hydrogen (secondary N) is 1. The van der Waals surface area contributed by atoms with Crippen LogP contribution in [-0.4, -0.2) is 44.9 Å². The second-order valence-corrected chi connectivity index (χ2v) is 8.68. The molecule has 7 heteroatoms. The molecule has 0 saturated heterocycles. The van der Waals surface area contributed by atoms with Gasteiger partial charge in [0.05, 0.1) is 4.90 Å². The van der Waals surface area contributed by atoms with Crippen molar-refractivity contribution in [2.45, 2.75) is 62.8 Å². The highest BCUT2D eigenvalue weighted by Crippen LogP contribution is 2.27. The second-order valence-electron chi connectivity index (χ2n) is 6.69. The van der Waals surface area contributed by atoms with Gasteiger partial charge < -0.3 is 10.1 Å². The maximum absolute atomic E-state index is 12.8. The van der Waals surface area contributed by atoms with Crippen molar-refractivity contribution < 1.29 is 17.9 Å². The Hall–Kier alpha value is -1.44. The van der Waals surface area contributed by atoms with Crippen LogP contribution >= 0.6 is 0 Å². The first-order valence-electron chi connectivity index (χ1n) is 9.41. The third kappa shape index (κ3) is 5.79. The van der Waals surface area contributed by atoms with Crippen LogP contribution in [-0.2, 0) is 19.6 Å². The van der Waals surface area contributed by atoms with E-state index in [-0.39, 0.29) is 16.8 Å². The summed E-state index contributed by atoms with van der Waals surface area (Å²) in [6.07, 6.45) is 6.24. The predicted octanol–water partition coefficient (Wildman–Crippen LogP) is 3.40. The van der Waals surface area contributed by atoms with E-state index in [0.29, 0.717) is 31.7 Å². The van der Waals surface area contributed by atoms with Gasteiger partial charge in [-0.25, -0.2) is 8.42 Å². The number of amides is 1. The van der Waals surface area contributed by atoms with Crippen molar-refractivity contribution in [3.05, 3.63) is 24.3 Å². The molecule has 1 aromatic carbocycles. The van der Waals surface area contributed by atoms with Crippen molar-refractivity contribution >= 4 is 21.6 Å². The Morgan fingerprint density at radius 2 is 1.85 bits per heavy atom. The summed E-state index contributed by atoms with van der Waals surface area (Å²) in [4.78, 5) is 12.1. The van der Waals surface area contributed by atoms with Gasteiger partial charge in [-0.05, 0) is 50.5 Å². The van der Waals surface area contributed by atoms with Crippen molar-refractivity contribution in [1.82, 2.24) is 4.31 Å². The lowest BCUT2D eigenvalue weighted by molar-refractivity contribution is -0.116. The Kier molecular flexibility index (Phi) is 8.06. The van der Waals surface area contributed by atoms with E-state index in [0.717, 1.165) is 25.7 Å². The lowest BCUT2D eigenvalue weighted by Gasteiger charge is -2.30. The lowest BCUT2D eigenvalue weighted by atomic mass is 9.96. The number of benzene rings is 1. The number of hydrogen-bond donors (Lipinski definition) is 1. The van der Waals surface area contributed by atoms with Gasteiger partial charge in [0, 0.05) is 38.4 Å². The Morgan fingerprint density at radius 3 is 2.46 bits per heavy atom. The van der Waals surface area contributed by atoms with Crippen LogP contribution in [0.15, 0.2) is 29.2 Å². The maximum Gasteiger partial charge on any atom is 0.243 e. The number of rotatable bonds is 9. The molecular formula is C19H30N2O4S. The molecule has 1 saturated carbocycles. The summed E-state index contributed by atoms with van der Waals surface area (Å²) in [5, 5.41) is 2.79. The maximum atomic E-state index is 12.8. The Morgan fingerprint density at radius 1 is 1.19 bits per heavy atom. The van der Waals surface area contributed by atoms with E-state index in [2.05, 4.69) is 5.32 Å². The molecule has 1 fully saturated rings. The largest absolute Gasteiger partial charge is 0.382 e. The van der Waals surface area contributed by atoms with Crippen LogP contribution in [0.3, 0.4) is 0 Å². The smallest absolute Gasteiger partial charge is 0.243 e. The summed E-state index contributed by atoms with van der Waals surface area (Å²) >= 11 is 0. The third-order valence-corrected chi connectivity index (χ3v) is 6.72. The van der Waals surface area contributed by atoms with Gasteiger partial charge in [0.15, 0.2) is 0 Å². The van der Waals surface area contributed by atoms with E-state index in [1.54, 1.807) is 31.3 Å². The topological polar surface area (TPSA) is 75.7 Å². The van der Waals surface area contributed by atoms with Gasteiger partial charge in [0.2, 0.25) is 15.9 Å². The minimum absolute atomic E-state index is 0.0819. The number of anilines is 1. The van der Waals surface area contributed by atoms with Crippen LogP contribution in [0.1, 0.15) is 51.9 Å². The molecule has 0 aliphatic heterocycles. The van der Waals surface area contributed by atoms with Crippen LogP contribution in [0.25, 0.3) is 0 Å². The zero-order chi connectivity index (χ0) is 19.0. The number of ether oxygens (including phenoxy) is 1. The number of carbonyl (C=O) groups excluding carboxylic acids is 1. The highest BCUT2D eigenvalue weighted by Gasteiger charge is 2.28. The molecule has 1 aliphatic carbocycles. The van der Waals surface area contributed by atoms with Gasteiger partial charge in [-0.15, -0.1) is 0 Å². The summed E-state index contributed by atoms with van der Waals surface area (Å²) in [7, 11) is -1.83. The highest BCUT2D eigenvalue weighted by atomic mass is 32.2. The SMILES string of the molecule is CCOCCCC(=O)Nc1ccc(S(=O)(=O)N(C)C2CCCCC2)cc1. The van der Waals surface area contributed by atoms with Gasteiger partial charge in [-0.1, -0.05) is 19.3 Å². The number of hydrogen-bond acceptors (Lipinski definition) is 4. The van der Waals surface area contributed by atoms with Gasteiger partial charge in [0.1, 0.15) is 0 Å². The molecule has 26 heavy (non-hydrogen) atoms. The van der Waals surface area contributed by atoms with E-state index >= 15 is 0 Å². The summed E-state index contributed by atoms with van der Waals surface area (Å²) in [6.45, 7) is 3.13. The van der Waals surface area contributed by atoms with Crippen LogP contribution in [0.2, 0.25) is 0 Å². The fraction of sp³-hybridized carbons (Fsp3) is 0.632. The number of sulfonamides is 1. The van der Waals surface area contributed by atoms with Crippen molar-refractivity contribution in [3.8, 4) is 0 Å². The minimum atomic E-state index is -3.50. The van der Waals surface area contributed by atoms with Crippen molar-refractivity contribution in [2.24, 2.45) is 0 Å². The van der Waals surface area contributed by atoms with Gasteiger partial charge in [0.25, 0.3) is 0 Å². The molecule has 1 aliphatic rings. The van der Waals surface area contributed by atoms with Gasteiger partial charge in [-0.3, -0.25) is 4.79 Å². The highest BCUT2D eigenvalue weighted by molar-refractivity contribution is 7.89. The average Bonchev–Trinajstić information content (AvgIpc) is 2.66. The molecule has 0 unspecified atom stereocenters. The first-order chi connectivity index (χ1) is 12.4. The molecule has 1 amide bonds.